The second-order valence-electron chi connectivity index (χ2n) is 10.5. The molecule has 1 aliphatic heterocycles. The lowest BCUT2D eigenvalue weighted by Crippen LogP contribution is -2.44. The van der Waals surface area contributed by atoms with Crippen LogP contribution in [0.15, 0.2) is 24.3 Å². The third-order valence-electron chi connectivity index (χ3n) is 6.19. The molecule has 1 aliphatic rings. The molecule has 1 aromatic rings. The predicted molar refractivity (Wildman–Crippen MR) is 144 cm³/mol. The summed E-state index contributed by atoms with van der Waals surface area (Å²) in [6, 6.07) is 7.51. The van der Waals surface area contributed by atoms with Crippen molar-refractivity contribution >= 4 is 12.2 Å². The summed E-state index contributed by atoms with van der Waals surface area (Å²) in [6.45, 7) is 13.4. The first-order chi connectivity index (χ1) is 17.6. The van der Waals surface area contributed by atoms with E-state index < -0.39 is 30.1 Å². The molecule has 1 fully saturated rings. The summed E-state index contributed by atoms with van der Waals surface area (Å²) in [6.07, 6.45) is 2.54. The molecule has 0 radical (unpaired) electrons. The number of rotatable bonds is 14. The van der Waals surface area contributed by atoms with E-state index in [9.17, 15) is 9.59 Å². The highest BCUT2D eigenvalue weighted by molar-refractivity contribution is 5.67. The third-order valence-corrected chi connectivity index (χ3v) is 6.19. The van der Waals surface area contributed by atoms with Crippen LogP contribution in [0.25, 0.3) is 0 Å². The van der Waals surface area contributed by atoms with Crippen molar-refractivity contribution in [3.05, 3.63) is 29.8 Å². The van der Waals surface area contributed by atoms with Crippen molar-refractivity contribution in [2.45, 2.75) is 90.6 Å². The van der Waals surface area contributed by atoms with Gasteiger partial charge in [0.1, 0.15) is 11.4 Å². The zero-order valence-corrected chi connectivity index (χ0v) is 23.5. The number of carbonyl (C=O) groups is 2. The van der Waals surface area contributed by atoms with Crippen molar-refractivity contribution in [3.63, 3.8) is 0 Å². The minimum Gasteiger partial charge on any atom is -0.497 e. The van der Waals surface area contributed by atoms with E-state index in [0.29, 0.717) is 19.5 Å². The molecule has 1 saturated heterocycles. The molecule has 2 rings (SSSR count). The summed E-state index contributed by atoms with van der Waals surface area (Å²) in [5, 5.41) is 6.24. The molecule has 1 heterocycles. The van der Waals surface area contributed by atoms with Gasteiger partial charge in [-0.05, 0) is 70.8 Å². The number of alkyl carbamates (subject to hydrolysis) is 1. The fourth-order valence-electron chi connectivity index (χ4n) is 4.21. The maximum absolute atomic E-state index is 12.8. The van der Waals surface area contributed by atoms with E-state index in [1.807, 2.05) is 24.3 Å². The van der Waals surface area contributed by atoms with Crippen LogP contribution in [-0.4, -0.2) is 80.8 Å². The average molecular weight is 522 g/mol. The van der Waals surface area contributed by atoms with Gasteiger partial charge in [0.2, 0.25) is 0 Å². The highest BCUT2D eigenvalue weighted by Crippen LogP contribution is 2.22. The van der Waals surface area contributed by atoms with Crippen molar-refractivity contribution in [1.82, 2.24) is 15.5 Å². The molecule has 3 atom stereocenters. The molecule has 0 saturated carbocycles. The number of carbonyl (C=O) groups excluding carboxylic acids is 2. The number of nitrogens with zero attached hydrogens (tertiary/aromatic N) is 1. The van der Waals surface area contributed by atoms with Crippen molar-refractivity contribution in [2.75, 3.05) is 39.8 Å². The van der Waals surface area contributed by atoms with Crippen molar-refractivity contribution < 1.29 is 28.5 Å². The quantitative estimate of drug-likeness (QED) is 0.345. The zero-order chi connectivity index (χ0) is 27.3. The largest absolute Gasteiger partial charge is 0.509 e. The van der Waals surface area contributed by atoms with Crippen LogP contribution in [0.3, 0.4) is 0 Å². The Kier molecular flexibility index (Phi) is 13.0. The predicted octanol–water partition coefficient (Wildman–Crippen LogP) is 4.53. The molecule has 37 heavy (non-hydrogen) atoms. The standard InChI is InChI=1S/C28H47N3O6/c1-7-9-16-31(17-10-8-2)18-15-29-26(32)36-25-23(19-21-11-13-22(34-6)14-12-21)30-20-24(25)35-27(33)37-28(3,4)5/h11-14,23-25,30H,7-10,15-20H2,1-6H3,(H,29,32)/t23-,24+,25+/m1/s1. The van der Waals surface area contributed by atoms with Gasteiger partial charge in [-0.1, -0.05) is 38.8 Å². The maximum atomic E-state index is 12.8. The number of hydrogen-bond acceptors (Lipinski definition) is 8. The van der Waals surface area contributed by atoms with E-state index in [0.717, 1.165) is 56.6 Å². The fourth-order valence-corrected chi connectivity index (χ4v) is 4.21. The van der Waals surface area contributed by atoms with Gasteiger partial charge in [0.25, 0.3) is 0 Å². The second kappa shape index (κ2) is 15.7. The molecule has 1 aromatic carbocycles. The van der Waals surface area contributed by atoms with E-state index in [1.54, 1.807) is 27.9 Å². The van der Waals surface area contributed by atoms with E-state index in [1.165, 1.54) is 0 Å². The van der Waals surface area contributed by atoms with Crippen LogP contribution in [0.4, 0.5) is 9.59 Å². The normalized spacial score (nSPS) is 19.5. The van der Waals surface area contributed by atoms with Gasteiger partial charge in [-0.3, -0.25) is 0 Å². The number of hydrogen-bond donors (Lipinski definition) is 2. The Hall–Kier alpha value is -2.52. The number of benzene rings is 1. The Morgan fingerprint density at radius 2 is 1.68 bits per heavy atom. The monoisotopic (exact) mass is 521 g/mol. The summed E-state index contributed by atoms with van der Waals surface area (Å²) in [7, 11) is 1.63. The Morgan fingerprint density at radius 1 is 1.03 bits per heavy atom. The summed E-state index contributed by atoms with van der Waals surface area (Å²) >= 11 is 0. The van der Waals surface area contributed by atoms with Gasteiger partial charge in [0.05, 0.1) is 13.2 Å². The summed E-state index contributed by atoms with van der Waals surface area (Å²) in [4.78, 5) is 27.5. The number of ether oxygens (including phenoxy) is 4. The molecular formula is C28H47N3O6. The van der Waals surface area contributed by atoms with Crippen LogP contribution in [0, 0.1) is 0 Å². The highest BCUT2D eigenvalue weighted by Gasteiger charge is 2.42. The van der Waals surface area contributed by atoms with E-state index >= 15 is 0 Å². The molecule has 0 aromatic heterocycles. The Labute approximate surface area is 222 Å². The molecule has 1 amide bonds. The van der Waals surface area contributed by atoms with Crippen LogP contribution >= 0.6 is 0 Å². The van der Waals surface area contributed by atoms with Crippen LogP contribution in [0.1, 0.15) is 65.9 Å². The van der Waals surface area contributed by atoms with E-state index in [4.69, 9.17) is 18.9 Å². The summed E-state index contributed by atoms with van der Waals surface area (Å²) < 4.78 is 22.0. The van der Waals surface area contributed by atoms with Gasteiger partial charge < -0.3 is 34.5 Å². The maximum Gasteiger partial charge on any atom is 0.509 e. The average Bonchev–Trinajstić information content (AvgIpc) is 3.19. The number of methoxy groups -OCH3 is 1. The number of nitrogens with one attached hydrogen (secondary N) is 2. The number of amides is 1. The Morgan fingerprint density at radius 3 is 2.24 bits per heavy atom. The van der Waals surface area contributed by atoms with Crippen molar-refractivity contribution in [1.29, 1.82) is 0 Å². The van der Waals surface area contributed by atoms with Crippen LogP contribution in [0.2, 0.25) is 0 Å². The van der Waals surface area contributed by atoms with Gasteiger partial charge in [-0.15, -0.1) is 0 Å². The molecule has 0 unspecified atom stereocenters. The topological polar surface area (TPSA) is 98.4 Å². The van der Waals surface area contributed by atoms with Crippen LogP contribution in [0.5, 0.6) is 5.75 Å². The summed E-state index contributed by atoms with van der Waals surface area (Å²) in [5.74, 6) is 0.772. The molecule has 2 N–H and O–H groups in total. The molecule has 9 nitrogen and oxygen atoms in total. The van der Waals surface area contributed by atoms with Crippen LogP contribution < -0.4 is 15.4 Å². The van der Waals surface area contributed by atoms with Gasteiger partial charge in [0.15, 0.2) is 12.2 Å². The first kappa shape index (κ1) is 30.7. The van der Waals surface area contributed by atoms with E-state index in [-0.39, 0.29) is 6.04 Å². The highest BCUT2D eigenvalue weighted by atomic mass is 16.7. The Bertz CT molecular complexity index is 803. The molecule has 0 aliphatic carbocycles. The lowest BCUT2D eigenvalue weighted by molar-refractivity contribution is -0.0518. The van der Waals surface area contributed by atoms with E-state index in [2.05, 4.69) is 29.4 Å². The lowest BCUT2D eigenvalue weighted by atomic mass is 10.0. The zero-order valence-electron chi connectivity index (χ0n) is 23.5. The molecule has 0 spiro atoms. The molecule has 210 valence electrons. The van der Waals surface area contributed by atoms with Gasteiger partial charge in [-0.2, -0.15) is 0 Å². The minimum absolute atomic E-state index is 0.225. The molecular weight excluding hydrogens is 474 g/mol. The minimum atomic E-state index is -0.777. The molecule has 0 bridgehead atoms. The van der Waals surface area contributed by atoms with Crippen LogP contribution in [-0.2, 0) is 20.6 Å². The van der Waals surface area contributed by atoms with Crippen molar-refractivity contribution in [2.24, 2.45) is 0 Å². The third kappa shape index (κ3) is 11.6. The first-order valence-electron chi connectivity index (χ1n) is 13.6. The summed E-state index contributed by atoms with van der Waals surface area (Å²) in [5.41, 5.74) is 0.369. The van der Waals surface area contributed by atoms with Crippen molar-refractivity contribution in [3.8, 4) is 5.75 Å². The smallest absolute Gasteiger partial charge is 0.497 e. The number of unbranched alkanes of at least 4 members (excludes halogenated alkanes) is 2. The van der Waals surface area contributed by atoms with Gasteiger partial charge in [0, 0.05) is 19.6 Å². The van der Waals surface area contributed by atoms with Gasteiger partial charge in [-0.25, -0.2) is 9.59 Å². The Balaban J connectivity index is 2.00. The van der Waals surface area contributed by atoms with Gasteiger partial charge >= 0.3 is 12.2 Å². The SMILES string of the molecule is CCCCN(CCCC)CCNC(=O)O[C@@H]1[C@@H](OC(=O)OC(C)(C)C)CN[C@@H]1Cc1ccc(OC)cc1. The fraction of sp³-hybridized carbons (Fsp3) is 0.714. The second-order valence-corrected chi connectivity index (χ2v) is 10.5. The molecule has 9 heteroatoms. The first-order valence-corrected chi connectivity index (χ1v) is 13.6. The lowest BCUT2D eigenvalue weighted by Gasteiger charge is -2.26.